The van der Waals surface area contributed by atoms with Crippen molar-refractivity contribution in [1.82, 2.24) is 9.88 Å². The van der Waals surface area contributed by atoms with Gasteiger partial charge in [0.1, 0.15) is 17.5 Å². The molecule has 1 amide bonds. The molecule has 1 aromatic carbocycles. The van der Waals surface area contributed by atoms with Crippen molar-refractivity contribution in [2.45, 2.75) is 19.8 Å². The smallest absolute Gasteiger partial charge is 0.267 e. The van der Waals surface area contributed by atoms with Crippen LogP contribution < -0.4 is 10.2 Å². The number of aromatic nitrogens is 1. The summed E-state index contributed by atoms with van der Waals surface area (Å²) in [5.74, 6) is 1.00. The number of piperazine rings is 1. The average molecular weight is 375 g/mol. The van der Waals surface area contributed by atoms with Crippen LogP contribution in [0.15, 0.2) is 60.4 Å². The van der Waals surface area contributed by atoms with Gasteiger partial charge in [0.15, 0.2) is 0 Å². The number of carbonyl (C=O) groups is 1. The number of hydrogen-bond donors (Lipinski definition) is 1. The number of benzene rings is 1. The number of hydrogen-bond acceptors (Lipinski definition) is 5. The lowest BCUT2D eigenvalue weighted by atomic mass is 10.0. The molecule has 6 heteroatoms. The van der Waals surface area contributed by atoms with Gasteiger partial charge in [-0.3, -0.25) is 4.79 Å². The van der Waals surface area contributed by atoms with Crippen LogP contribution in [0.2, 0.25) is 0 Å². The first kappa shape index (κ1) is 19.4. The second kappa shape index (κ2) is 9.05. The molecule has 6 nitrogen and oxygen atoms in total. The van der Waals surface area contributed by atoms with Crippen LogP contribution in [-0.4, -0.2) is 42.0 Å². The number of nitrogens with zero attached hydrogens (tertiary/aromatic N) is 4. The summed E-state index contributed by atoms with van der Waals surface area (Å²) < 4.78 is 0. The fourth-order valence-electron chi connectivity index (χ4n) is 3.09. The third-order valence-electron chi connectivity index (χ3n) is 4.80. The fraction of sp³-hybridized carbons (Fsp3) is 0.318. The van der Waals surface area contributed by atoms with Crippen molar-refractivity contribution in [3.63, 3.8) is 0 Å². The molecule has 1 aliphatic heterocycles. The van der Waals surface area contributed by atoms with Crippen LogP contribution in [0.25, 0.3) is 0 Å². The Morgan fingerprint density at radius 2 is 1.86 bits per heavy atom. The maximum absolute atomic E-state index is 12.5. The highest BCUT2D eigenvalue weighted by Gasteiger charge is 2.18. The summed E-state index contributed by atoms with van der Waals surface area (Å²) in [6, 6.07) is 15.6. The molecule has 3 rings (SSSR count). The Bertz CT molecular complexity index is 860. The zero-order valence-corrected chi connectivity index (χ0v) is 16.3. The topological polar surface area (TPSA) is 72.3 Å². The molecule has 0 bridgehead atoms. The van der Waals surface area contributed by atoms with Crippen molar-refractivity contribution in [2.75, 3.05) is 36.4 Å². The Kier molecular flexibility index (Phi) is 6.28. The van der Waals surface area contributed by atoms with Crippen molar-refractivity contribution in [3.05, 3.63) is 66.0 Å². The predicted molar refractivity (Wildman–Crippen MR) is 111 cm³/mol. The lowest BCUT2D eigenvalue weighted by Crippen LogP contribution is -2.44. The van der Waals surface area contributed by atoms with Gasteiger partial charge < -0.3 is 15.1 Å². The first-order valence-corrected chi connectivity index (χ1v) is 9.50. The van der Waals surface area contributed by atoms with Crippen molar-refractivity contribution >= 4 is 17.4 Å². The Hall–Kier alpha value is -3.33. The van der Waals surface area contributed by atoms with E-state index in [1.807, 2.05) is 53.4 Å². The molecule has 0 aliphatic carbocycles. The predicted octanol–water partition coefficient (Wildman–Crippen LogP) is 3.37. The van der Waals surface area contributed by atoms with Crippen LogP contribution >= 0.6 is 0 Å². The molecule has 0 atom stereocenters. The molecule has 0 spiro atoms. The fourth-order valence-corrected chi connectivity index (χ4v) is 3.09. The van der Waals surface area contributed by atoms with E-state index in [2.05, 4.69) is 29.0 Å². The van der Waals surface area contributed by atoms with Crippen LogP contribution in [0, 0.1) is 11.3 Å². The molecular weight excluding hydrogens is 350 g/mol. The zero-order chi connectivity index (χ0) is 19.9. The lowest BCUT2D eigenvalue weighted by molar-refractivity contribution is -0.112. The second-order valence-corrected chi connectivity index (χ2v) is 7.10. The molecule has 1 aromatic heterocycles. The monoisotopic (exact) mass is 375 g/mol. The minimum atomic E-state index is -0.382. The third kappa shape index (κ3) is 4.89. The first-order chi connectivity index (χ1) is 13.6. The van der Waals surface area contributed by atoms with E-state index in [1.54, 1.807) is 12.4 Å². The normalized spacial score (nSPS) is 14.7. The van der Waals surface area contributed by atoms with Gasteiger partial charge in [-0.15, -0.1) is 0 Å². The van der Waals surface area contributed by atoms with Crippen LogP contribution in [0.3, 0.4) is 0 Å². The Balaban J connectivity index is 1.59. The van der Waals surface area contributed by atoms with Crippen molar-refractivity contribution < 1.29 is 4.79 Å². The van der Waals surface area contributed by atoms with Gasteiger partial charge in [0, 0.05) is 44.3 Å². The summed E-state index contributed by atoms with van der Waals surface area (Å²) in [6.45, 7) is 7.31. The van der Waals surface area contributed by atoms with Crippen molar-refractivity contribution in [1.29, 1.82) is 5.26 Å². The molecule has 2 aromatic rings. The number of anilines is 2. The summed E-state index contributed by atoms with van der Waals surface area (Å²) in [5, 5.41) is 12.2. The zero-order valence-electron chi connectivity index (χ0n) is 16.3. The summed E-state index contributed by atoms with van der Waals surface area (Å²) in [6.07, 6.45) is 3.45. The van der Waals surface area contributed by atoms with Gasteiger partial charge in [-0.1, -0.05) is 32.0 Å². The molecule has 0 radical (unpaired) electrons. The largest absolute Gasteiger partial charge is 0.373 e. The van der Waals surface area contributed by atoms with E-state index in [9.17, 15) is 10.1 Å². The van der Waals surface area contributed by atoms with E-state index >= 15 is 0 Å². The third-order valence-corrected chi connectivity index (χ3v) is 4.80. The van der Waals surface area contributed by atoms with Gasteiger partial charge in [0.2, 0.25) is 0 Å². The van der Waals surface area contributed by atoms with Gasteiger partial charge in [-0.25, -0.2) is 4.98 Å². The first-order valence-electron chi connectivity index (χ1n) is 9.50. The Morgan fingerprint density at radius 1 is 1.14 bits per heavy atom. The molecule has 1 saturated heterocycles. The van der Waals surface area contributed by atoms with Crippen molar-refractivity contribution in [3.8, 4) is 6.07 Å². The van der Waals surface area contributed by atoms with E-state index in [0.717, 1.165) is 32.0 Å². The van der Waals surface area contributed by atoms with Crippen LogP contribution in [0.5, 0.6) is 0 Å². The van der Waals surface area contributed by atoms with Crippen molar-refractivity contribution in [2.24, 2.45) is 0 Å². The molecule has 1 N–H and O–H groups in total. The van der Waals surface area contributed by atoms with Crippen LogP contribution in [-0.2, 0) is 4.79 Å². The Morgan fingerprint density at radius 3 is 2.43 bits per heavy atom. The SMILES string of the molecule is CC(C)c1ccc(NC(=O)/C(C#N)=C\N2CCN(c3ccccn3)CC2)cc1. The van der Waals surface area contributed by atoms with E-state index in [-0.39, 0.29) is 11.5 Å². The molecular formula is C22H25N5O. The molecule has 1 fully saturated rings. The van der Waals surface area contributed by atoms with Gasteiger partial charge in [-0.2, -0.15) is 5.26 Å². The molecule has 2 heterocycles. The highest BCUT2D eigenvalue weighted by molar-refractivity contribution is 6.06. The standard InChI is InChI=1S/C22H25N5O/c1-17(2)18-6-8-20(9-7-18)25-22(28)19(15-23)16-26-11-13-27(14-12-26)21-5-3-4-10-24-21/h3-10,16-17H,11-14H2,1-2H3,(H,25,28)/b19-16-. The highest BCUT2D eigenvalue weighted by Crippen LogP contribution is 2.18. The number of pyridine rings is 1. The van der Waals surface area contributed by atoms with Gasteiger partial charge >= 0.3 is 0 Å². The van der Waals surface area contributed by atoms with Gasteiger partial charge in [0.25, 0.3) is 5.91 Å². The number of carbonyl (C=O) groups excluding carboxylic acids is 1. The minimum Gasteiger partial charge on any atom is -0.373 e. The number of nitriles is 1. The molecule has 0 saturated carbocycles. The van der Waals surface area contributed by atoms with E-state index in [0.29, 0.717) is 11.6 Å². The quantitative estimate of drug-likeness (QED) is 0.641. The second-order valence-electron chi connectivity index (χ2n) is 7.10. The van der Waals surface area contributed by atoms with Crippen LogP contribution in [0.1, 0.15) is 25.3 Å². The van der Waals surface area contributed by atoms with Gasteiger partial charge in [-0.05, 0) is 35.7 Å². The summed E-state index contributed by atoms with van der Waals surface area (Å²) in [5.41, 5.74) is 2.01. The molecule has 1 aliphatic rings. The minimum absolute atomic E-state index is 0.110. The molecule has 28 heavy (non-hydrogen) atoms. The number of nitrogens with one attached hydrogen (secondary N) is 1. The van der Waals surface area contributed by atoms with E-state index in [4.69, 9.17) is 0 Å². The Labute approximate surface area is 166 Å². The maximum atomic E-state index is 12.5. The number of rotatable bonds is 5. The summed E-state index contributed by atoms with van der Waals surface area (Å²) >= 11 is 0. The van der Waals surface area contributed by atoms with E-state index in [1.165, 1.54) is 5.56 Å². The maximum Gasteiger partial charge on any atom is 0.267 e. The molecule has 0 unspecified atom stereocenters. The summed E-state index contributed by atoms with van der Waals surface area (Å²) in [4.78, 5) is 21.1. The lowest BCUT2D eigenvalue weighted by Gasteiger charge is -2.34. The van der Waals surface area contributed by atoms with Gasteiger partial charge in [0.05, 0.1) is 0 Å². The molecule has 144 valence electrons. The van der Waals surface area contributed by atoms with Crippen LogP contribution in [0.4, 0.5) is 11.5 Å². The highest BCUT2D eigenvalue weighted by atomic mass is 16.1. The average Bonchev–Trinajstić information content (AvgIpc) is 2.73. The van der Waals surface area contributed by atoms with E-state index < -0.39 is 0 Å². The summed E-state index contributed by atoms with van der Waals surface area (Å²) in [7, 11) is 0. The number of amides is 1.